The normalized spacial score (nSPS) is 11.5. The van der Waals surface area contributed by atoms with Gasteiger partial charge in [0, 0.05) is 29.9 Å². The van der Waals surface area contributed by atoms with Gasteiger partial charge in [-0.1, -0.05) is 66.7 Å². The molecule has 4 aromatic rings. The van der Waals surface area contributed by atoms with E-state index in [9.17, 15) is 14.0 Å². The van der Waals surface area contributed by atoms with E-state index in [0.717, 1.165) is 40.1 Å². The van der Waals surface area contributed by atoms with E-state index >= 15 is 0 Å². The predicted molar refractivity (Wildman–Crippen MR) is 170 cm³/mol. The third-order valence-electron chi connectivity index (χ3n) is 7.21. The zero-order valence-corrected chi connectivity index (χ0v) is 25.1. The van der Waals surface area contributed by atoms with Crippen LogP contribution in [-0.4, -0.2) is 37.0 Å². The van der Waals surface area contributed by atoms with Crippen LogP contribution in [0.1, 0.15) is 39.9 Å². The molecule has 1 unspecified atom stereocenters. The number of hydrogen-bond acceptors (Lipinski definition) is 5. The largest absolute Gasteiger partial charge is 0.467 e. The van der Waals surface area contributed by atoms with Gasteiger partial charge in [-0.3, -0.25) is 4.79 Å². The van der Waals surface area contributed by atoms with E-state index < -0.39 is 12.0 Å². The minimum absolute atomic E-state index is 0.247. The molecule has 0 aliphatic heterocycles. The molecule has 0 aliphatic rings. The van der Waals surface area contributed by atoms with Gasteiger partial charge >= 0.3 is 5.97 Å². The van der Waals surface area contributed by atoms with Crippen molar-refractivity contribution in [1.29, 1.82) is 0 Å². The first-order valence-corrected chi connectivity index (χ1v) is 15.4. The highest BCUT2D eigenvalue weighted by Gasteiger charge is 2.24. The monoisotopic (exact) mass is 584 g/mol. The van der Waals surface area contributed by atoms with Crippen molar-refractivity contribution in [3.8, 4) is 11.1 Å². The fourth-order valence-electron chi connectivity index (χ4n) is 4.97. The van der Waals surface area contributed by atoms with E-state index in [1.54, 1.807) is 23.9 Å². The molecule has 0 fully saturated rings. The van der Waals surface area contributed by atoms with Gasteiger partial charge in [-0.2, -0.15) is 11.8 Å². The van der Waals surface area contributed by atoms with Crippen molar-refractivity contribution in [1.82, 2.24) is 5.32 Å². The van der Waals surface area contributed by atoms with Crippen LogP contribution in [-0.2, 0) is 22.6 Å². The summed E-state index contributed by atoms with van der Waals surface area (Å²) < 4.78 is 19.6. The molecule has 4 aromatic carbocycles. The molecule has 218 valence electrons. The molecule has 4 rings (SSSR count). The Morgan fingerprint density at radius 1 is 0.905 bits per heavy atom. The second-order valence-corrected chi connectivity index (χ2v) is 11.1. The molecule has 0 heterocycles. The Labute approximate surface area is 252 Å². The molecule has 0 spiro atoms. The lowest BCUT2D eigenvalue weighted by Gasteiger charge is -2.26. The van der Waals surface area contributed by atoms with Crippen molar-refractivity contribution in [3.05, 3.63) is 125 Å². The molecule has 0 aromatic heterocycles. The van der Waals surface area contributed by atoms with Crippen LogP contribution in [0.4, 0.5) is 10.1 Å². The summed E-state index contributed by atoms with van der Waals surface area (Å²) in [5.74, 6) is -0.142. The van der Waals surface area contributed by atoms with Crippen molar-refractivity contribution in [2.24, 2.45) is 0 Å². The zero-order valence-electron chi connectivity index (χ0n) is 24.3. The maximum atomic E-state index is 14.7. The van der Waals surface area contributed by atoms with Crippen LogP contribution in [0.3, 0.4) is 0 Å². The summed E-state index contributed by atoms with van der Waals surface area (Å²) in [6.07, 6.45) is 3.29. The number of para-hydroxylation sites is 1. The number of rotatable bonds is 13. The standard InChI is InChI=1S/C35H37FN2O3S/c1-25-12-7-9-16-29(25)31-22-26(19-20-30(31)34(39)37-33(35(40)41-2)18-11-21-42-3)23-38(28-14-5-4-6-15-28)24-27-13-8-10-17-32(27)36/h4-10,12-17,19-20,22,33H,11,18,21,23-24H2,1-3H3,(H,37,39). The van der Waals surface area contributed by atoms with Gasteiger partial charge in [0.2, 0.25) is 0 Å². The van der Waals surface area contributed by atoms with Gasteiger partial charge in [-0.25, -0.2) is 9.18 Å². The van der Waals surface area contributed by atoms with Crippen LogP contribution in [0.25, 0.3) is 11.1 Å². The van der Waals surface area contributed by atoms with Gasteiger partial charge in [0.05, 0.1) is 7.11 Å². The number of esters is 1. The second-order valence-electron chi connectivity index (χ2n) is 10.2. The molecule has 1 atom stereocenters. The molecule has 0 bridgehead atoms. The van der Waals surface area contributed by atoms with Crippen LogP contribution >= 0.6 is 11.8 Å². The van der Waals surface area contributed by atoms with Gasteiger partial charge < -0.3 is 15.0 Å². The second kappa shape index (κ2) is 15.2. The Balaban J connectivity index is 1.70. The van der Waals surface area contributed by atoms with Gasteiger partial charge in [0.1, 0.15) is 11.9 Å². The SMILES string of the molecule is COC(=O)C(CCCSC)NC(=O)c1ccc(CN(Cc2ccccc2F)c2ccccc2)cc1-c1ccccc1C. The lowest BCUT2D eigenvalue weighted by atomic mass is 9.93. The number of carbonyl (C=O) groups excluding carboxylic acids is 2. The zero-order chi connectivity index (χ0) is 29.9. The van der Waals surface area contributed by atoms with Crippen molar-refractivity contribution in [2.45, 2.75) is 38.9 Å². The highest BCUT2D eigenvalue weighted by atomic mass is 32.2. The molecule has 0 saturated heterocycles. The average Bonchev–Trinajstić information content (AvgIpc) is 3.01. The quantitative estimate of drug-likeness (QED) is 0.131. The van der Waals surface area contributed by atoms with Gasteiger partial charge in [-0.05, 0) is 84.4 Å². The first kappa shape index (κ1) is 30.8. The summed E-state index contributed by atoms with van der Waals surface area (Å²) in [5.41, 5.74) is 5.75. The molecule has 7 heteroatoms. The van der Waals surface area contributed by atoms with Crippen LogP contribution < -0.4 is 10.2 Å². The van der Waals surface area contributed by atoms with Crippen LogP contribution in [0.2, 0.25) is 0 Å². The number of nitrogens with zero attached hydrogens (tertiary/aromatic N) is 1. The molecule has 42 heavy (non-hydrogen) atoms. The van der Waals surface area contributed by atoms with Crippen molar-refractivity contribution < 1.29 is 18.7 Å². The average molecular weight is 585 g/mol. The minimum atomic E-state index is -0.728. The van der Waals surface area contributed by atoms with Crippen LogP contribution in [0, 0.1) is 12.7 Å². The number of thioether (sulfide) groups is 1. The van der Waals surface area contributed by atoms with E-state index in [2.05, 4.69) is 10.2 Å². The Bertz CT molecular complexity index is 1490. The van der Waals surface area contributed by atoms with Gasteiger partial charge in [0.25, 0.3) is 5.91 Å². The third kappa shape index (κ3) is 8.01. The third-order valence-corrected chi connectivity index (χ3v) is 7.91. The first-order chi connectivity index (χ1) is 20.4. The fraction of sp³-hybridized carbons (Fsp3) is 0.257. The van der Waals surface area contributed by atoms with E-state index in [1.807, 2.05) is 92.0 Å². The number of aryl methyl sites for hydroxylation is 1. The van der Waals surface area contributed by atoms with Gasteiger partial charge in [-0.15, -0.1) is 0 Å². The lowest BCUT2D eigenvalue weighted by molar-refractivity contribution is -0.143. The summed E-state index contributed by atoms with van der Waals surface area (Å²) in [7, 11) is 1.34. The van der Waals surface area contributed by atoms with E-state index in [-0.39, 0.29) is 11.7 Å². The molecule has 0 radical (unpaired) electrons. The van der Waals surface area contributed by atoms with Crippen molar-refractivity contribution >= 4 is 29.3 Å². The van der Waals surface area contributed by atoms with Crippen molar-refractivity contribution in [3.63, 3.8) is 0 Å². The number of amides is 1. The predicted octanol–water partition coefficient (Wildman–Crippen LogP) is 7.42. The number of anilines is 1. The fourth-order valence-corrected chi connectivity index (χ4v) is 5.43. The van der Waals surface area contributed by atoms with Crippen molar-refractivity contribution in [2.75, 3.05) is 24.0 Å². The summed E-state index contributed by atoms with van der Waals surface area (Å²) in [5, 5.41) is 2.92. The lowest BCUT2D eigenvalue weighted by Crippen LogP contribution is -2.41. The molecule has 1 N–H and O–H groups in total. The number of hydrogen-bond donors (Lipinski definition) is 1. The maximum absolute atomic E-state index is 14.7. The number of nitrogens with one attached hydrogen (secondary N) is 1. The Morgan fingerprint density at radius 3 is 2.33 bits per heavy atom. The summed E-state index contributed by atoms with van der Waals surface area (Å²) in [6.45, 7) is 2.89. The summed E-state index contributed by atoms with van der Waals surface area (Å²) in [4.78, 5) is 28.3. The van der Waals surface area contributed by atoms with Crippen LogP contribution in [0.5, 0.6) is 0 Å². The first-order valence-electron chi connectivity index (χ1n) is 14.0. The number of methoxy groups -OCH3 is 1. The summed E-state index contributed by atoms with van der Waals surface area (Å²) in [6, 6.07) is 29.7. The van der Waals surface area contributed by atoms with Crippen LogP contribution in [0.15, 0.2) is 97.1 Å². The smallest absolute Gasteiger partial charge is 0.328 e. The molecule has 1 amide bonds. The molecular formula is C35H37FN2O3S. The maximum Gasteiger partial charge on any atom is 0.328 e. The number of carbonyl (C=O) groups is 2. The molecule has 0 aliphatic carbocycles. The molecular weight excluding hydrogens is 547 g/mol. The number of benzene rings is 4. The highest BCUT2D eigenvalue weighted by molar-refractivity contribution is 7.98. The van der Waals surface area contributed by atoms with E-state index in [0.29, 0.717) is 30.6 Å². The Morgan fingerprint density at radius 2 is 1.62 bits per heavy atom. The Kier molecular flexibility index (Phi) is 11.2. The molecule has 0 saturated carbocycles. The van der Waals surface area contributed by atoms with E-state index in [1.165, 1.54) is 13.2 Å². The van der Waals surface area contributed by atoms with E-state index in [4.69, 9.17) is 4.74 Å². The molecule has 5 nitrogen and oxygen atoms in total. The summed E-state index contributed by atoms with van der Waals surface area (Å²) >= 11 is 1.70. The number of halogens is 1. The topological polar surface area (TPSA) is 58.6 Å². The minimum Gasteiger partial charge on any atom is -0.467 e. The Hall–Kier alpha value is -4.10. The highest BCUT2D eigenvalue weighted by Crippen LogP contribution is 2.30. The van der Waals surface area contributed by atoms with Gasteiger partial charge in [0.15, 0.2) is 0 Å². The number of ether oxygens (including phenoxy) is 1.